The zero-order valence-corrected chi connectivity index (χ0v) is 30.7. The average molecular weight is 735 g/mol. The van der Waals surface area contributed by atoms with Crippen molar-refractivity contribution in [1.82, 2.24) is 26.6 Å². The highest BCUT2D eigenvalue weighted by Crippen LogP contribution is 2.14. The fourth-order valence-corrected chi connectivity index (χ4v) is 5.21. The molecule has 288 valence electrons. The largest absolute Gasteiger partial charge is 0.490 e. The molecule has 0 heterocycles. The van der Waals surface area contributed by atoms with Gasteiger partial charge in [0.1, 0.15) is 43.1 Å². The Kier molecular flexibility index (Phi) is 20.2. The predicted octanol–water partition coefficient (Wildman–Crippen LogP) is 1.28. The van der Waals surface area contributed by atoms with Gasteiger partial charge in [0.15, 0.2) is 0 Å². The molecule has 0 spiro atoms. The van der Waals surface area contributed by atoms with Crippen molar-refractivity contribution in [3.8, 4) is 5.75 Å². The van der Waals surface area contributed by atoms with E-state index in [1.807, 2.05) is 30.3 Å². The molecule has 0 fully saturated rings. The molecule has 0 aliphatic rings. The number of amides is 4. The van der Waals surface area contributed by atoms with E-state index in [2.05, 4.69) is 52.1 Å². The van der Waals surface area contributed by atoms with E-state index >= 15 is 0 Å². The molecule has 0 bridgehead atoms. The summed E-state index contributed by atoms with van der Waals surface area (Å²) in [7, 11) is 0. The molecule has 0 saturated carbocycles. The van der Waals surface area contributed by atoms with E-state index in [4.69, 9.17) is 15.2 Å². The lowest BCUT2D eigenvalue weighted by Crippen LogP contribution is -2.58. The third kappa shape index (κ3) is 17.4. The summed E-state index contributed by atoms with van der Waals surface area (Å²) in [5, 5.41) is 13.9. The number of hydrogen-bond donors (Lipinski definition) is 7. The van der Waals surface area contributed by atoms with Crippen LogP contribution in [-0.2, 0) is 41.7 Å². The Labute approximate surface area is 312 Å². The van der Waals surface area contributed by atoms with E-state index in [0.717, 1.165) is 11.1 Å². The SMILES string of the molecule is C=CCOc1ccc(C[C@H](NC(C)=O)C(=O)N[C@H](CCCC[NH3+])C(=O)N[C@H](CCCNC(=C)N)C(=O)N[C@@H](CC=C)C(=O)OCc2ccccc2)cc1. The fraction of sp³-hybridized carbons (Fsp3) is 0.410. The minimum absolute atomic E-state index is 0.0155. The van der Waals surface area contributed by atoms with Crippen molar-refractivity contribution < 1.29 is 39.2 Å². The van der Waals surface area contributed by atoms with Gasteiger partial charge in [-0.1, -0.05) is 67.8 Å². The highest BCUT2D eigenvalue weighted by atomic mass is 16.5. The van der Waals surface area contributed by atoms with Gasteiger partial charge in [0.2, 0.25) is 23.6 Å². The molecule has 0 aliphatic carbocycles. The lowest BCUT2D eigenvalue weighted by atomic mass is 10.0. The van der Waals surface area contributed by atoms with E-state index < -0.39 is 53.8 Å². The van der Waals surface area contributed by atoms with E-state index in [1.165, 1.54) is 13.0 Å². The fourth-order valence-electron chi connectivity index (χ4n) is 5.21. The van der Waals surface area contributed by atoms with Crippen LogP contribution in [-0.4, -0.2) is 73.5 Å². The Morgan fingerprint density at radius 3 is 1.94 bits per heavy atom. The number of carbonyl (C=O) groups excluding carboxylic acids is 5. The maximum absolute atomic E-state index is 13.9. The monoisotopic (exact) mass is 734 g/mol. The summed E-state index contributed by atoms with van der Waals surface area (Å²) in [6.07, 6.45) is 5.44. The molecule has 2 rings (SSSR count). The first-order valence-corrected chi connectivity index (χ1v) is 17.8. The molecular weight excluding hydrogens is 678 g/mol. The third-order valence-electron chi connectivity index (χ3n) is 7.93. The summed E-state index contributed by atoms with van der Waals surface area (Å²) in [5.74, 6) is -1.99. The number of carbonyl (C=O) groups is 5. The van der Waals surface area contributed by atoms with Crippen LogP contribution in [0.4, 0.5) is 0 Å². The Morgan fingerprint density at radius 1 is 0.774 bits per heavy atom. The van der Waals surface area contributed by atoms with Crippen LogP contribution in [0.25, 0.3) is 0 Å². The first-order chi connectivity index (χ1) is 25.5. The second-order valence-corrected chi connectivity index (χ2v) is 12.4. The first kappa shape index (κ1) is 43.5. The molecule has 0 aromatic heterocycles. The zero-order chi connectivity index (χ0) is 39.0. The zero-order valence-electron chi connectivity index (χ0n) is 30.7. The van der Waals surface area contributed by atoms with Crippen molar-refractivity contribution in [2.75, 3.05) is 19.7 Å². The van der Waals surface area contributed by atoms with Crippen molar-refractivity contribution >= 4 is 29.6 Å². The van der Waals surface area contributed by atoms with Gasteiger partial charge in [0, 0.05) is 19.9 Å². The maximum atomic E-state index is 13.9. The first-order valence-electron chi connectivity index (χ1n) is 17.8. The smallest absolute Gasteiger partial charge is 0.329 e. The Balaban J connectivity index is 2.25. The van der Waals surface area contributed by atoms with E-state index in [0.29, 0.717) is 44.7 Å². The van der Waals surface area contributed by atoms with Gasteiger partial charge in [-0.05, 0) is 61.8 Å². The molecule has 10 N–H and O–H groups in total. The van der Waals surface area contributed by atoms with Crippen molar-refractivity contribution in [2.24, 2.45) is 5.73 Å². The van der Waals surface area contributed by atoms with Crippen LogP contribution >= 0.6 is 0 Å². The van der Waals surface area contributed by atoms with Crippen molar-refractivity contribution in [2.45, 2.75) is 82.6 Å². The van der Waals surface area contributed by atoms with Crippen LogP contribution in [0, 0.1) is 0 Å². The minimum atomic E-state index is -1.09. The molecule has 4 atom stereocenters. The second-order valence-electron chi connectivity index (χ2n) is 12.4. The average Bonchev–Trinajstić information content (AvgIpc) is 3.13. The summed E-state index contributed by atoms with van der Waals surface area (Å²) in [6, 6.07) is 12.0. The Hall–Kier alpha value is -5.63. The summed E-state index contributed by atoms with van der Waals surface area (Å²) in [4.78, 5) is 66.4. The molecule has 0 radical (unpaired) electrons. The number of unbranched alkanes of at least 4 members (excludes halogenated alkanes) is 1. The van der Waals surface area contributed by atoms with Crippen molar-refractivity contribution in [3.63, 3.8) is 0 Å². The number of benzene rings is 2. The van der Waals surface area contributed by atoms with Crippen molar-refractivity contribution in [1.29, 1.82) is 0 Å². The van der Waals surface area contributed by atoms with E-state index in [-0.39, 0.29) is 38.1 Å². The van der Waals surface area contributed by atoms with Crippen LogP contribution in [0.3, 0.4) is 0 Å². The van der Waals surface area contributed by atoms with Crippen LogP contribution < -0.4 is 42.8 Å². The minimum Gasteiger partial charge on any atom is -0.490 e. The third-order valence-corrected chi connectivity index (χ3v) is 7.93. The van der Waals surface area contributed by atoms with Crippen LogP contribution in [0.2, 0.25) is 0 Å². The Bertz CT molecular complexity index is 1500. The van der Waals surface area contributed by atoms with E-state index in [1.54, 1.807) is 30.3 Å². The van der Waals surface area contributed by atoms with Crippen molar-refractivity contribution in [3.05, 3.63) is 103 Å². The summed E-state index contributed by atoms with van der Waals surface area (Å²) < 4.78 is 11.0. The lowest BCUT2D eigenvalue weighted by Gasteiger charge is -2.26. The number of quaternary nitrogens is 1. The standard InChI is InChI=1S/C39H55N7O7/c1-5-13-34(39(51)53-26-30-14-8-7-9-15-30)46-37(49)33(17-12-23-42-27(3)41)44-36(48)32(16-10-11-22-40)45-38(50)35(43-28(4)47)25-29-18-20-31(21-19-29)52-24-6-2/h5-9,14-15,18-21,32-35,42H,1-3,10-13,16-17,22-26,40-41H2,4H3,(H,43,47)(H,44,48)(H,45,50)(H,46,49)/p+1/t32-,33-,34+,35+/m1/s1. The van der Waals surface area contributed by atoms with Gasteiger partial charge in [-0.2, -0.15) is 0 Å². The molecule has 2 aromatic carbocycles. The van der Waals surface area contributed by atoms with Gasteiger partial charge in [-0.15, -0.1) is 6.58 Å². The second kappa shape index (κ2) is 24.5. The molecule has 14 heteroatoms. The molecule has 53 heavy (non-hydrogen) atoms. The van der Waals surface area contributed by atoms with Crippen LogP contribution in [0.1, 0.15) is 56.6 Å². The van der Waals surface area contributed by atoms with Crippen LogP contribution in [0.15, 0.2) is 92.3 Å². The number of esters is 1. The number of nitrogens with two attached hydrogens (primary N) is 1. The number of hydrogen-bond acceptors (Lipinski definition) is 9. The molecular formula is C39H56N7O7+. The summed E-state index contributed by atoms with van der Waals surface area (Å²) in [6.45, 7) is 13.6. The van der Waals surface area contributed by atoms with Gasteiger partial charge in [0.25, 0.3) is 0 Å². The normalized spacial score (nSPS) is 12.8. The van der Waals surface area contributed by atoms with Gasteiger partial charge < -0.3 is 47.5 Å². The van der Waals surface area contributed by atoms with Gasteiger partial charge >= 0.3 is 5.97 Å². The topological polar surface area (TPSA) is 218 Å². The molecule has 4 amide bonds. The summed E-state index contributed by atoms with van der Waals surface area (Å²) >= 11 is 0. The highest BCUT2D eigenvalue weighted by Gasteiger charge is 2.31. The Morgan fingerprint density at radius 2 is 1.38 bits per heavy atom. The quantitative estimate of drug-likeness (QED) is 0.0420. The number of rotatable bonds is 26. The highest BCUT2D eigenvalue weighted by molar-refractivity contribution is 5.95. The molecule has 0 aliphatic heterocycles. The molecule has 0 saturated heterocycles. The van der Waals surface area contributed by atoms with Gasteiger partial charge in [0.05, 0.1) is 12.4 Å². The predicted molar refractivity (Wildman–Crippen MR) is 202 cm³/mol. The van der Waals surface area contributed by atoms with E-state index in [9.17, 15) is 24.0 Å². The lowest BCUT2D eigenvalue weighted by molar-refractivity contribution is -0.368. The molecule has 14 nitrogen and oxygen atoms in total. The number of ether oxygens (including phenoxy) is 2. The number of nitrogens with one attached hydrogen (secondary N) is 5. The van der Waals surface area contributed by atoms with Crippen LogP contribution in [0.5, 0.6) is 5.75 Å². The summed E-state index contributed by atoms with van der Waals surface area (Å²) in [5.41, 5.74) is 11.0. The van der Waals surface area contributed by atoms with Gasteiger partial charge in [-0.25, -0.2) is 4.79 Å². The molecule has 0 unspecified atom stereocenters. The maximum Gasteiger partial charge on any atom is 0.329 e. The molecule has 2 aromatic rings. The van der Waals surface area contributed by atoms with Gasteiger partial charge in [-0.3, -0.25) is 19.2 Å².